The Morgan fingerprint density at radius 3 is 2.44 bits per heavy atom. The Labute approximate surface area is 177 Å². The third-order valence-corrected chi connectivity index (χ3v) is 4.06. The summed E-state index contributed by atoms with van der Waals surface area (Å²) in [6, 6.07) is 16.6. The monoisotopic (exact) mass is 476 g/mol. The van der Waals surface area contributed by atoms with Crippen molar-refractivity contribution in [2.75, 3.05) is 7.05 Å². The van der Waals surface area contributed by atoms with Gasteiger partial charge in [0.15, 0.2) is 11.7 Å². The second-order valence-corrected chi connectivity index (χ2v) is 6.25. The van der Waals surface area contributed by atoms with E-state index in [1.807, 2.05) is 12.1 Å². The van der Waals surface area contributed by atoms with Gasteiger partial charge in [-0.05, 0) is 19.4 Å². The van der Waals surface area contributed by atoms with Crippen LogP contribution >= 0.6 is 24.0 Å². The minimum absolute atomic E-state index is 0. The van der Waals surface area contributed by atoms with Crippen molar-refractivity contribution in [2.24, 2.45) is 4.99 Å². The van der Waals surface area contributed by atoms with Gasteiger partial charge in [-0.25, -0.2) is 4.98 Å². The molecule has 1 heterocycles. The van der Waals surface area contributed by atoms with Crippen molar-refractivity contribution in [3.8, 4) is 11.3 Å². The van der Waals surface area contributed by atoms with Crippen molar-refractivity contribution in [2.45, 2.75) is 26.9 Å². The van der Waals surface area contributed by atoms with Crippen LogP contribution in [-0.2, 0) is 13.1 Å². The van der Waals surface area contributed by atoms with Crippen LogP contribution in [0.4, 0.5) is 0 Å². The number of nitrogens with one attached hydrogen (secondary N) is 2. The number of hydrogen-bond donors (Lipinski definition) is 2. The summed E-state index contributed by atoms with van der Waals surface area (Å²) in [4.78, 5) is 8.58. The highest BCUT2D eigenvalue weighted by Gasteiger charge is 2.07. The van der Waals surface area contributed by atoms with Gasteiger partial charge in [0.05, 0.1) is 12.7 Å². The quantitative estimate of drug-likeness (QED) is 0.325. The zero-order valence-corrected chi connectivity index (χ0v) is 18.2. The summed E-state index contributed by atoms with van der Waals surface area (Å²) in [5.74, 6) is 2.10. The van der Waals surface area contributed by atoms with E-state index in [4.69, 9.17) is 4.42 Å². The van der Waals surface area contributed by atoms with Crippen LogP contribution in [-0.4, -0.2) is 18.0 Å². The summed E-state index contributed by atoms with van der Waals surface area (Å²) in [6.07, 6.45) is 1.75. The molecule has 5 nitrogen and oxygen atoms in total. The third kappa shape index (κ3) is 6.09. The maximum atomic E-state index is 5.83. The predicted octanol–water partition coefficient (Wildman–Crippen LogP) is 4.44. The van der Waals surface area contributed by atoms with Crippen molar-refractivity contribution in [3.63, 3.8) is 0 Å². The number of aryl methyl sites for hydroxylation is 2. The van der Waals surface area contributed by atoms with Gasteiger partial charge in [-0.1, -0.05) is 59.7 Å². The Hall–Kier alpha value is -2.35. The molecule has 6 heteroatoms. The number of nitrogens with zero attached hydrogens (tertiary/aromatic N) is 2. The van der Waals surface area contributed by atoms with Gasteiger partial charge in [-0.3, -0.25) is 4.99 Å². The molecule has 0 fully saturated rings. The minimum atomic E-state index is 0. The van der Waals surface area contributed by atoms with Gasteiger partial charge in [0, 0.05) is 19.2 Å². The maximum Gasteiger partial charge on any atom is 0.214 e. The van der Waals surface area contributed by atoms with E-state index in [0.717, 1.165) is 11.3 Å². The zero-order chi connectivity index (χ0) is 18.4. The van der Waals surface area contributed by atoms with Gasteiger partial charge in [0.2, 0.25) is 5.89 Å². The molecule has 0 saturated carbocycles. The lowest BCUT2D eigenvalue weighted by atomic mass is 10.1. The first-order valence-electron chi connectivity index (χ1n) is 8.66. The fraction of sp³-hybridized carbons (Fsp3) is 0.238. The number of guanidine groups is 1. The summed E-state index contributed by atoms with van der Waals surface area (Å²) in [6.45, 7) is 5.33. The Morgan fingerprint density at radius 1 is 1.00 bits per heavy atom. The lowest BCUT2D eigenvalue weighted by molar-refractivity contribution is 0.497. The fourth-order valence-electron chi connectivity index (χ4n) is 2.63. The van der Waals surface area contributed by atoms with E-state index in [1.165, 1.54) is 16.7 Å². The fourth-order valence-corrected chi connectivity index (χ4v) is 2.63. The van der Waals surface area contributed by atoms with Gasteiger partial charge in [0.1, 0.15) is 0 Å². The van der Waals surface area contributed by atoms with Crippen molar-refractivity contribution >= 4 is 29.9 Å². The van der Waals surface area contributed by atoms with Crippen molar-refractivity contribution in [1.29, 1.82) is 0 Å². The normalized spacial score (nSPS) is 11.0. The molecule has 2 aromatic carbocycles. The number of rotatable bonds is 5. The first-order valence-corrected chi connectivity index (χ1v) is 8.66. The van der Waals surface area contributed by atoms with Crippen LogP contribution in [0.1, 0.15) is 22.6 Å². The molecule has 0 amide bonds. The third-order valence-electron chi connectivity index (χ3n) is 4.06. The average Bonchev–Trinajstić information content (AvgIpc) is 3.11. The molecule has 0 aliphatic heterocycles. The number of halogens is 1. The first kappa shape index (κ1) is 21.0. The molecule has 27 heavy (non-hydrogen) atoms. The molecule has 0 aliphatic carbocycles. The van der Waals surface area contributed by atoms with Crippen LogP contribution in [0.3, 0.4) is 0 Å². The molecule has 0 radical (unpaired) electrons. The summed E-state index contributed by atoms with van der Waals surface area (Å²) >= 11 is 0. The summed E-state index contributed by atoms with van der Waals surface area (Å²) in [5, 5.41) is 6.52. The standard InChI is InChI=1S/C21H24N4O.HI/c1-15-7-9-18(10-8-15)19-13-23-20(26-19)14-25-21(22-3)24-12-17-6-4-5-16(2)11-17;/h4-11,13H,12,14H2,1-3H3,(H2,22,24,25);1H. The number of aromatic nitrogens is 1. The predicted molar refractivity (Wildman–Crippen MR) is 120 cm³/mol. The molecule has 0 bridgehead atoms. The lowest BCUT2D eigenvalue weighted by Crippen LogP contribution is -2.36. The topological polar surface area (TPSA) is 62.5 Å². The Kier molecular flexibility index (Phi) is 7.84. The number of hydrogen-bond acceptors (Lipinski definition) is 3. The summed E-state index contributed by atoms with van der Waals surface area (Å²) in [7, 11) is 1.75. The second-order valence-electron chi connectivity index (χ2n) is 6.25. The Morgan fingerprint density at radius 2 is 1.74 bits per heavy atom. The van der Waals surface area contributed by atoms with E-state index >= 15 is 0 Å². The van der Waals surface area contributed by atoms with Crippen LogP contribution in [0.15, 0.2) is 64.1 Å². The van der Waals surface area contributed by atoms with Crippen LogP contribution in [0, 0.1) is 13.8 Å². The lowest BCUT2D eigenvalue weighted by Gasteiger charge is -2.11. The highest BCUT2D eigenvalue weighted by Crippen LogP contribution is 2.20. The van der Waals surface area contributed by atoms with Gasteiger partial charge >= 0.3 is 0 Å². The van der Waals surface area contributed by atoms with E-state index in [-0.39, 0.29) is 24.0 Å². The molecule has 1 aromatic heterocycles. The van der Waals surface area contributed by atoms with Gasteiger partial charge in [-0.15, -0.1) is 24.0 Å². The number of benzene rings is 2. The maximum absolute atomic E-state index is 5.83. The van der Waals surface area contributed by atoms with Crippen LogP contribution in [0.25, 0.3) is 11.3 Å². The molecule has 0 saturated heterocycles. The largest absolute Gasteiger partial charge is 0.439 e. The molecule has 0 unspecified atom stereocenters. The molecule has 3 rings (SSSR count). The number of oxazole rings is 1. The van der Waals surface area contributed by atoms with E-state index < -0.39 is 0 Å². The molecule has 142 valence electrons. The molecule has 0 spiro atoms. The van der Waals surface area contributed by atoms with E-state index in [0.29, 0.717) is 24.9 Å². The van der Waals surface area contributed by atoms with Crippen molar-refractivity contribution < 1.29 is 4.42 Å². The highest BCUT2D eigenvalue weighted by molar-refractivity contribution is 14.0. The molecule has 0 aliphatic rings. The zero-order valence-electron chi connectivity index (χ0n) is 15.8. The SMILES string of the molecule is CN=C(NCc1cccc(C)c1)NCc1ncc(-c2ccc(C)cc2)o1.I. The summed E-state index contributed by atoms with van der Waals surface area (Å²) < 4.78 is 5.83. The van der Waals surface area contributed by atoms with Crippen LogP contribution < -0.4 is 10.6 Å². The molecule has 0 atom stereocenters. The van der Waals surface area contributed by atoms with Crippen LogP contribution in [0.5, 0.6) is 0 Å². The average molecular weight is 476 g/mol. The van der Waals surface area contributed by atoms with Gasteiger partial charge in [-0.2, -0.15) is 0 Å². The number of aliphatic imine (C=N–C) groups is 1. The first-order chi connectivity index (χ1) is 12.6. The highest BCUT2D eigenvalue weighted by atomic mass is 127. The molecule has 3 aromatic rings. The van der Waals surface area contributed by atoms with Gasteiger partial charge in [0.25, 0.3) is 0 Å². The van der Waals surface area contributed by atoms with Crippen molar-refractivity contribution in [3.05, 3.63) is 77.3 Å². The second kappa shape index (κ2) is 10.1. The molecular weight excluding hydrogens is 451 g/mol. The van der Waals surface area contributed by atoms with E-state index in [9.17, 15) is 0 Å². The summed E-state index contributed by atoms with van der Waals surface area (Å²) in [5.41, 5.74) is 4.70. The van der Waals surface area contributed by atoms with Crippen molar-refractivity contribution in [1.82, 2.24) is 15.6 Å². The van der Waals surface area contributed by atoms with E-state index in [1.54, 1.807) is 13.2 Å². The Balaban J connectivity index is 0.00000261. The van der Waals surface area contributed by atoms with Gasteiger partial charge < -0.3 is 15.1 Å². The Bertz CT molecular complexity index is 887. The molecular formula is C21H25IN4O. The van der Waals surface area contributed by atoms with E-state index in [2.05, 4.69) is 70.9 Å². The smallest absolute Gasteiger partial charge is 0.214 e. The molecule has 2 N–H and O–H groups in total. The minimum Gasteiger partial charge on any atom is -0.439 e. The van der Waals surface area contributed by atoms with Crippen LogP contribution in [0.2, 0.25) is 0 Å².